The third-order valence-corrected chi connectivity index (χ3v) is 7.14. The molecule has 4 rings (SSSR count). The first-order chi connectivity index (χ1) is 15.4. The number of para-hydroxylation sites is 1. The van der Waals surface area contributed by atoms with Crippen molar-refractivity contribution in [3.8, 4) is 5.69 Å². The van der Waals surface area contributed by atoms with Crippen molar-refractivity contribution >= 4 is 43.4 Å². The van der Waals surface area contributed by atoms with Gasteiger partial charge in [-0.15, -0.1) is 0 Å². The maximum Gasteiger partial charge on any atom is 0.263 e. The van der Waals surface area contributed by atoms with E-state index in [1.807, 2.05) is 5.32 Å². The van der Waals surface area contributed by atoms with Gasteiger partial charge < -0.3 is 5.73 Å². The van der Waals surface area contributed by atoms with Crippen LogP contribution in [0.3, 0.4) is 0 Å². The average Bonchev–Trinajstić information content (AvgIpc) is 3.01. The number of primary sulfonamides is 1. The first-order valence-electron chi connectivity index (χ1n) is 9.06. The molecule has 33 heavy (non-hydrogen) atoms. The summed E-state index contributed by atoms with van der Waals surface area (Å²) in [5, 5.41) is 7.06. The number of pyridine rings is 1. The molecule has 170 valence electrons. The molecule has 0 aliphatic carbocycles. The third-order valence-electron chi connectivity index (χ3n) is 4.78. The van der Waals surface area contributed by atoms with Crippen molar-refractivity contribution in [2.75, 3.05) is 10.5 Å². The van der Waals surface area contributed by atoms with Gasteiger partial charge in [0.1, 0.15) is 10.7 Å². The molecule has 0 bridgehead atoms. The molecule has 2 amide bonds. The molecule has 2 aromatic carbocycles. The van der Waals surface area contributed by atoms with Crippen LogP contribution < -0.4 is 26.5 Å². The van der Waals surface area contributed by atoms with E-state index in [9.17, 15) is 31.2 Å². The SMILES string of the molecule is Nc1c2c(cc(=O)n1-c1ccccc1S(=O)(=O)Nc1ccc(S(N)(=O)=O)cc1)C(=O)NC2=O. The van der Waals surface area contributed by atoms with Crippen LogP contribution in [0.2, 0.25) is 0 Å². The maximum atomic E-state index is 13.1. The zero-order chi connectivity index (χ0) is 24.1. The Hall–Kier alpha value is -4.01. The highest BCUT2D eigenvalue weighted by Crippen LogP contribution is 2.27. The van der Waals surface area contributed by atoms with Crippen LogP contribution in [0, 0.1) is 0 Å². The van der Waals surface area contributed by atoms with Crippen LogP contribution in [0.5, 0.6) is 0 Å². The van der Waals surface area contributed by atoms with E-state index in [1.165, 1.54) is 36.4 Å². The number of nitrogen functional groups attached to an aromatic ring is 1. The topological polar surface area (TPSA) is 201 Å². The van der Waals surface area contributed by atoms with E-state index in [2.05, 4.69) is 4.72 Å². The smallest absolute Gasteiger partial charge is 0.263 e. The molecule has 14 heteroatoms. The van der Waals surface area contributed by atoms with E-state index < -0.39 is 43.2 Å². The summed E-state index contributed by atoms with van der Waals surface area (Å²) in [6, 6.07) is 10.9. The molecule has 12 nitrogen and oxygen atoms in total. The highest BCUT2D eigenvalue weighted by Gasteiger charge is 2.33. The number of hydrogen-bond acceptors (Lipinski definition) is 8. The van der Waals surface area contributed by atoms with E-state index in [0.717, 1.165) is 22.8 Å². The molecular weight excluding hydrogens is 474 g/mol. The quantitative estimate of drug-likeness (QED) is 0.351. The summed E-state index contributed by atoms with van der Waals surface area (Å²) in [6.45, 7) is 0. The first kappa shape index (κ1) is 22.2. The lowest BCUT2D eigenvalue weighted by Crippen LogP contribution is -2.26. The summed E-state index contributed by atoms with van der Waals surface area (Å²) < 4.78 is 52.1. The van der Waals surface area contributed by atoms with E-state index in [4.69, 9.17) is 10.9 Å². The van der Waals surface area contributed by atoms with Crippen LogP contribution in [0.15, 0.2) is 69.2 Å². The minimum atomic E-state index is -4.33. The van der Waals surface area contributed by atoms with Gasteiger partial charge in [0.25, 0.3) is 27.4 Å². The van der Waals surface area contributed by atoms with E-state index in [0.29, 0.717) is 0 Å². The molecule has 1 aliphatic rings. The number of imide groups is 1. The molecule has 0 unspecified atom stereocenters. The van der Waals surface area contributed by atoms with Gasteiger partial charge in [0, 0.05) is 11.8 Å². The lowest BCUT2D eigenvalue weighted by molar-refractivity contribution is 0.0880. The van der Waals surface area contributed by atoms with E-state index >= 15 is 0 Å². The second kappa shape index (κ2) is 7.54. The van der Waals surface area contributed by atoms with Crippen LogP contribution >= 0.6 is 0 Å². The lowest BCUT2D eigenvalue weighted by Gasteiger charge is -2.16. The summed E-state index contributed by atoms with van der Waals surface area (Å²) in [5.41, 5.74) is 4.61. The Morgan fingerprint density at radius 2 is 1.52 bits per heavy atom. The van der Waals surface area contributed by atoms with Gasteiger partial charge in [-0.2, -0.15) is 0 Å². The highest BCUT2D eigenvalue weighted by atomic mass is 32.2. The normalized spacial score (nSPS) is 13.5. The third kappa shape index (κ3) is 3.86. The molecule has 1 aromatic heterocycles. The van der Waals surface area contributed by atoms with Crippen molar-refractivity contribution in [3.05, 3.63) is 76.1 Å². The number of hydrogen-bond donors (Lipinski definition) is 4. The van der Waals surface area contributed by atoms with Crippen molar-refractivity contribution < 1.29 is 26.4 Å². The van der Waals surface area contributed by atoms with Crippen LogP contribution in [0.4, 0.5) is 11.5 Å². The Morgan fingerprint density at radius 3 is 2.15 bits per heavy atom. The fraction of sp³-hybridized carbons (Fsp3) is 0. The zero-order valence-corrected chi connectivity index (χ0v) is 18.1. The number of aromatic nitrogens is 1. The summed E-state index contributed by atoms with van der Waals surface area (Å²) in [7, 11) is -8.29. The molecule has 1 aliphatic heterocycles. The van der Waals surface area contributed by atoms with Gasteiger partial charge in [-0.1, -0.05) is 12.1 Å². The van der Waals surface area contributed by atoms with Crippen LogP contribution in [-0.4, -0.2) is 33.2 Å². The highest BCUT2D eigenvalue weighted by molar-refractivity contribution is 7.92. The predicted octanol–water partition coefficient (Wildman–Crippen LogP) is -0.248. The Bertz CT molecular complexity index is 1610. The van der Waals surface area contributed by atoms with E-state index in [-0.39, 0.29) is 32.3 Å². The van der Waals surface area contributed by atoms with Crippen molar-refractivity contribution in [1.82, 2.24) is 9.88 Å². The molecular formula is C19H15N5O7S2. The minimum absolute atomic E-state index is 0.0245. The van der Waals surface area contributed by atoms with Gasteiger partial charge in [0.15, 0.2) is 0 Å². The van der Waals surface area contributed by atoms with Gasteiger partial charge in [0.05, 0.1) is 21.7 Å². The number of nitrogens with two attached hydrogens (primary N) is 2. The fourth-order valence-corrected chi connectivity index (χ4v) is 5.08. The standard InChI is InChI=1S/C19H15N5O7S2/c20-17-16-12(18(26)22-19(16)27)9-15(25)24(17)13-3-1-2-4-14(13)33(30,31)23-10-5-7-11(8-6-10)32(21,28)29/h1-9,23H,20H2,(H2,21,28,29)(H,22,26,27). The number of anilines is 2. The summed E-state index contributed by atoms with van der Waals surface area (Å²) in [5.74, 6) is -1.99. The number of carbonyl (C=O) groups excluding carboxylic acids is 2. The molecule has 0 atom stereocenters. The van der Waals surface area contributed by atoms with Crippen molar-refractivity contribution in [2.45, 2.75) is 9.79 Å². The second-order valence-corrected chi connectivity index (χ2v) is 10.1. The summed E-state index contributed by atoms with van der Waals surface area (Å²) in [4.78, 5) is 36.1. The number of sulfonamides is 2. The number of fused-ring (bicyclic) bond motifs is 1. The molecule has 0 radical (unpaired) electrons. The zero-order valence-electron chi connectivity index (χ0n) is 16.5. The van der Waals surface area contributed by atoms with Crippen LogP contribution in [0.25, 0.3) is 5.69 Å². The molecule has 6 N–H and O–H groups in total. The Kier molecular flexibility index (Phi) is 5.07. The Balaban J connectivity index is 1.82. The Morgan fingerprint density at radius 1 is 0.879 bits per heavy atom. The van der Waals surface area contributed by atoms with Gasteiger partial charge >= 0.3 is 0 Å². The second-order valence-electron chi connectivity index (χ2n) is 6.92. The molecule has 0 spiro atoms. The Labute approximate surface area is 186 Å². The van der Waals surface area contributed by atoms with E-state index in [1.54, 1.807) is 0 Å². The minimum Gasteiger partial charge on any atom is -0.384 e. The van der Waals surface area contributed by atoms with Gasteiger partial charge in [0.2, 0.25) is 10.0 Å². The number of amides is 2. The molecule has 0 fully saturated rings. The summed E-state index contributed by atoms with van der Waals surface area (Å²) in [6.07, 6.45) is 0. The fourth-order valence-electron chi connectivity index (χ4n) is 3.32. The molecule has 0 saturated carbocycles. The largest absolute Gasteiger partial charge is 0.384 e. The van der Waals surface area contributed by atoms with Crippen molar-refractivity contribution in [2.24, 2.45) is 5.14 Å². The van der Waals surface area contributed by atoms with Gasteiger partial charge in [-0.25, -0.2) is 22.0 Å². The average molecular weight is 489 g/mol. The molecule has 2 heterocycles. The lowest BCUT2D eigenvalue weighted by atomic mass is 10.1. The predicted molar refractivity (Wildman–Crippen MR) is 117 cm³/mol. The van der Waals surface area contributed by atoms with Gasteiger partial charge in [-0.05, 0) is 36.4 Å². The number of carbonyl (C=O) groups is 2. The van der Waals surface area contributed by atoms with Crippen LogP contribution in [0.1, 0.15) is 20.7 Å². The van der Waals surface area contributed by atoms with Crippen molar-refractivity contribution in [3.63, 3.8) is 0 Å². The number of nitrogens with one attached hydrogen (secondary N) is 2. The number of rotatable bonds is 5. The van der Waals surface area contributed by atoms with Crippen LogP contribution in [-0.2, 0) is 20.0 Å². The monoisotopic (exact) mass is 489 g/mol. The summed E-state index contributed by atoms with van der Waals surface area (Å²) >= 11 is 0. The first-order valence-corrected chi connectivity index (χ1v) is 12.1. The number of benzene rings is 2. The number of nitrogens with zero attached hydrogens (tertiary/aromatic N) is 1. The molecule has 3 aromatic rings. The van der Waals surface area contributed by atoms with Gasteiger partial charge in [-0.3, -0.25) is 29.0 Å². The molecule has 0 saturated heterocycles. The maximum absolute atomic E-state index is 13.1. The van der Waals surface area contributed by atoms with Crippen molar-refractivity contribution in [1.29, 1.82) is 0 Å².